The average molecular weight is 270 g/mol. The van der Waals surface area contributed by atoms with Crippen molar-refractivity contribution in [2.75, 3.05) is 11.1 Å². The fourth-order valence-corrected chi connectivity index (χ4v) is 1.89. The third-order valence-corrected chi connectivity index (χ3v) is 3.39. The quantitative estimate of drug-likeness (QED) is 0.816. The maximum atomic E-state index is 11.0. The van der Waals surface area contributed by atoms with E-state index in [0.717, 1.165) is 12.1 Å². The first-order chi connectivity index (χ1) is 9.65. The summed E-state index contributed by atoms with van der Waals surface area (Å²) in [5, 5.41) is 3.09. The van der Waals surface area contributed by atoms with Crippen LogP contribution in [0.15, 0.2) is 30.6 Å². The van der Waals surface area contributed by atoms with Crippen LogP contribution < -0.4 is 11.1 Å². The molecule has 0 aliphatic carbocycles. The van der Waals surface area contributed by atoms with Crippen molar-refractivity contribution in [3.05, 3.63) is 41.7 Å². The molecule has 0 radical (unpaired) electrons. The van der Waals surface area contributed by atoms with Gasteiger partial charge in [-0.25, -0.2) is 9.97 Å². The maximum absolute atomic E-state index is 11.0. The van der Waals surface area contributed by atoms with Crippen molar-refractivity contribution >= 4 is 23.6 Å². The summed E-state index contributed by atoms with van der Waals surface area (Å²) in [6.07, 6.45) is 3.09. The summed E-state index contributed by atoms with van der Waals surface area (Å²) >= 11 is 0. The number of hydrogen-bond donors (Lipinski definition) is 2. The lowest BCUT2D eigenvalue weighted by Crippen LogP contribution is -2.04. The molecule has 0 saturated heterocycles. The normalized spacial score (nSPS) is 11.9. The SMILES string of the molecule is CCC(C)c1ccc(Nc2ncnc(N)c2C=O)cc1. The van der Waals surface area contributed by atoms with Gasteiger partial charge < -0.3 is 11.1 Å². The molecule has 2 aromatic rings. The van der Waals surface area contributed by atoms with Gasteiger partial charge in [-0.3, -0.25) is 4.79 Å². The molecule has 1 atom stereocenters. The number of nitrogens with two attached hydrogens (primary N) is 1. The van der Waals surface area contributed by atoms with Crippen molar-refractivity contribution in [1.82, 2.24) is 9.97 Å². The van der Waals surface area contributed by atoms with Gasteiger partial charge in [0.2, 0.25) is 0 Å². The van der Waals surface area contributed by atoms with Gasteiger partial charge in [-0.2, -0.15) is 0 Å². The molecule has 0 amide bonds. The van der Waals surface area contributed by atoms with Crippen LogP contribution in [-0.2, 0) is 0 Å². The molecule has 2 rings (SSSR count). The Morgan fingerprint density at radius 2 is 2.00 bits per heavy atom. The Hall–Kier alpha value is -2.43. The zero-order chi connectivity index (χ0) is 14.5. The van der Waals surface area contributed by atoms with Gasteiger partial charge >= 0.3 is 0 Å². The number of hydrogen-bond acceptors (Lipinski definition) is 5. The van der Waals surface area contributed by atoms with E-state index < -0.39 is 0 Å². The number of nitrogens with one attached hydrogen (secondary N) is 1. The topological polar surface area (TPSA) is 80.9 Å². The Labute approximate surface area is 118 Å². The van der Waals surface area contributed by atoms with Gasteiger partial charge in [0.1, 0.15) is 18.0 Å². The van der Waals surface area contributed by atoms with Gasteiger partial charge in [-0.15, -0.1) is 0 Å². The van der Waals surface area contributed by atoms with Crippen LogP contribution in [0.2, 0.25) is 0 Å². The second kappa shape index (κ2) is 6.14. The molecule has 0 aliphatic rings. The Kier molecular flexibility index (Phi) is 4.30. The molecule has 5 nitrogen and oxygen atoms in total. The van der Waals surface area contributed by atoms with E-state index in [1.165, 1.54) is 11.9 Å². The van der Waals surface area contributed by atoms with Crippen molar-refractivity contribution in [2.45, 2.75) is 26.2 Å². The predicted molar refractivity (Wildman–Crippen MR) is 80.3 cm³/mol. The highest BCUT2D eigenvalue weighted by Crippen LogP contribution is 2.23. The lowest BCUT2D eigenvalue weighted by molar-refractivity contribution is 0.112. The van der Waals surface area contributed by atoms with E-state index in [9.17, 15) is 4.79 Å². The third kappa shape index (κ3) is 2.93. The van der Waals surface area contributed by atoms with Crippen LogP contribution in [0.4, 0.5) is 17.3 Å². The Bertz CT molecular complexity index is 595. The van der Waals surface area contributed by atoms with Crippen LogP contribution in [0.3, 0.4) is 0 Å². The lowest BCUT2D eigenvalue weighted by atomic mass is 9.99. The molecular formula is C15H18N4O. The van der Waals surface area contributed by atoms with Crippen LogP contribution in [0, 0.1) is 0 Å². The van der Waals surface area contributed by atoms with Gasteiger partial charge in [-0.1, -0.05) is 26.0 Å². The maximum Gasteiger partial charge on any atom is 0.157 e. The number of carbonyl (C=O) groups excluding carboxylic acids is 1. The molecule has 104 valence electrons. The van der Waals surface area contributed by atoms with E-state index in [1.54, 1.807) is 0 Å². The largest absolute Gasteiger partial charge is 0.383 e. The van der Waals surface area contributed by atoms with Gasteiger partial charge in [0, 0.05) is 5.69 Å². The minimum absolute atomic E-state index is 0.175. The minimum Gasteiger partial charge on any atom is -0.383 e. The highest BCUT2D eigenvalue weighted by molar-refractivity contribution is 5.89. The first kappa shape index (κ1) is 14.0. The van der Waals surface area contributed by atoms with Crippen LogP contribution >= 0.6 is 0 Å². The van der Waals surface area contributed by atoms with E-state index >= 15 is 0 Å². The molecular weight excluding hydrogens is 252 g/mol. The summed E-state index contributed by atoms with van der Waals surface area (Å²) in [4.78, 5) is 18.9. The second-order valence-corrected chi connectivity index (χ2v) is 4.70. The first-order valence-electron chi connectivity index (χ1n) is 6.58. The van der Waals surface area contributed by atoms with Crippen molar-refractivity contribution in [1.29, 1.82) is 0 Å². The fourth-order valence-electron chi connectivity index (χ4n) is 1.89. The number of rotatable bonds is 5. The molecule has 0 spiro atoms. The Balaban J connectivity index is 2.22. The number of carbonyl (C=O) groups is 1. The highest BCUT2D eigenvalue weighted by Gasteiger charge is 2.09. The standard InChI is InChI=1S/C15H18N4O/c1-3-10(2)11-4-6-12(7-5-11)19-15-13(8-20)14(16)17-9-18-15/h4-10H,3H2,1-2H3,(H3,16,17,18,19). The Morgan fingerprint density at radius 3 is 2.60 bits per heavy atom. The molecule has 1 aromatic heterocycles. The molecule has 1 heterocycles. The van der Waals surface area contributed by atoms with E-state index in [0.29, 0.717) is 18.0 Å². The van der Waals surface area contributed by atoms with Gasteiger partial charge in [-0.05, 0) is 30.0 Å². The van der Waals surface area contributed by atoms with E-state index in [1.807, 2.05) is 12.1 Å². The molecule has 0 saturated carbocycles. The van der Waals surface area contributed by atoms with Crippen LogP contribution in [0.25, 0.3) is 0 Å². The molecule has 0 bridgehead atoms. The number of anilines is 3. The molecule has 1 unspecified atom stereocenters. The van der Waals surface area contributed by atoms with Crippen molar-refractivity contribution in [3.8, 4) is 0 Å². The molecule has 0 aliphatic heterocycles. The lowest BCUT2D eigenvalue weighted by Gasteiger charge is -2.11. The number of benzene rings is 1. The van der Waals surface area contributed by atoms with Crippen molar-refractivity contribution in [2.24, 2.45) is 0 Å². The number of aromatic nitrogens is 2. The molecule has 3 N–H and O–H groups in total. The van der Waals surface area contributed by atoms with E-state index in [4.69, 9.17) is 5.73 Å². The zero-order valence-electron chi connectivity index (χ0n) is 11.6. The van der Waals surface area contributed by atoms with E-state index in [2.05, 4.69) is 41.3 Å². The van der Waals surface area contributed by atoms with Crippen LogP contribution in [-0.4, -0.2) is 16.3 Å². The summed E-state index contributed by atoms with van der Waals surface area (Å²) in [7, 11) is 0. The summed E-state index contributed by atoms with van der Waals surface area (Å²) < 4.78 is 0. The predicted octanol–water partition coefficient (Wildman–Crippen LogP) is 3.13. The van der Waals surface area contributed by atoms with E-state index in [-0.39, 0.29) is 11.4 Å². The minimum atomic E-state index is 0.175. The van der Waals surface area contributed by atoms with Crippen LogP contribution in [0.5, 0.6) is 0 Å². The highest BCUT2D eigenvalue weighted by atomic mass is 16.1. The van der Waals surface area contributed by atoms with Crippen molar-refractivity contribution < 1.29 is 4.79 Å². The summed E-state index contributed by atoms with van der Waals surface area (Å²) in [5.41, 5.74) is 8.07. The van der Waals surface area contributed by atoms with Gasteiger partial charge in [0.25, 0.3) is 0 Å². The monoisotopic (exact) mass is 270 g/mol. The van der Waals surface area contributed by atoms with Crippen molar-refractivity contribution in [3.63, 3.8) is 0 Å². The summed E-state index contributed by atoms with van der Waals surface area (Å²) in [6, 6.07) is 8.08. The third-order valence-electron chi connectivity index (χ3n) is 3.39. The fraction of sp³-hybridized carbons (Fsp3) is 0.267. The summed E-state index contributed by atoms with van der Waals surface area (Å²) in [5.74, 6) is 1.13. The number of nitrogen functional groups attached to an aromatic ring is 1. The summed E-state index contributed by atoms with van der Waals surface area (Å²) in [6.45, 7) is 4.36. The first-order valence-corrected chi connectivity index (χ1v) is 6.58. The number of aldehydes is 1. The molecule has 5 heteroatoms. The van der Waals surface area contributed by atoms with Gasteiger partial charge in [0.05, 0.1) is 5.56 Å². The average Bonchev–Trinajstić information content (AvgIpc) is 2.47. The Morgan fingerprint density at radius 1 is 1.30 bits per heavy atom. The molecule has 1 aromatic carbocycles. The molecule has 0 fully saturated rings. The molecule has 20 heavy (non-hydrogen) atoms. The van der Waals surface area contributed by atoms with Crippen LogP contribution in [0.1, 0.15) is 42.1 Å². The smallest absolute Gasteiger partial charge is 0.157 e. The second-order valence-electron chi connectivity index (χ2n) is 4.70. The zero-order valence-corrected chi connectivity index (χ0v) is 11.6. The van der Waals surface area contributed by atoms with Gasteiger partial charge in [0.15, 0.2) is 6.29 Å². The number of nitrogens with zero attached hydrogens (tertiary/aromatic N) is 2.